The SMILES string of the molecule is CC1(NC(=O)c2cc(N)c3ccccc3n2)CCOC1. The van der Waals surface area contributed by atoms with Crippen molar-refractivity contribution >= 4 is 22.5 Å². The highest BCUT2D eigenvalue weighted by Crippen LogP contribution is 2.22. The molecular weight excluding hydrogens is 254 g/mol. The van der Waals surface area contributed by atoms with Gasteiger partial charge in [0.1, 0.15) is 5.69 Å². The van der Waals surface area contributed by atoms with Gasteiger partial charge in [0.25, 0.3) is 5.91 Å². The average molecular weight is 271 g/mol. The van der Waals surface area contributed by atoms with Gasteiger partial charge in [-0.05, 0) is 25.5 Å². The van der Waals surface area contributed by atoms with Crippen LogP contribution in [0.1, 0.15) is 23.8 Å². The van der Waals surface area contributed by atoms with E-state index in [1.165, 1.54) is 0 Å². The predicted octanol–water partition coefficient (Wildman–Crippen LogP) is 1.73. The second-order valence-corrected chi connectivity index (χ2v) is 5.43. The van der Waals surface area contributed by atoms with Crippen LogP contribution in [0.5, 0.6) is 0 Å². The molecule has 1 amide bonds. The van der Waals surface area contributed by atoms with Gasteiger partial charge in [-0.1, -0.05) is 18.2 Å². The number of nitrogen functional groups attached to an aromatic ring is 1. The summed E-state index contributed by atoms with van der Waals surface area (Å²) in [7, 11) is 0. The Bertz CT molecular complexity index is 663. The fourth-order valence-corrected chi connectivity index (χ4v) is 2.42. The van der Waals surface area contributed by atoms with Crippen LogP contribution in [0.15, 0.2) is 30.3 Å². The Labute approximate surface area is 117 Å². The molecule has 1 aliphatic rings. The van der Waals surface area contributed by atoms with E-state index in [2.05, 4.69) is 10.3 Å². The van der Waals surface area contributed by atoms with Crippen LogP contribution in [0, 0.1) is 0 Å². The average Bonchev–Trinajstić information content (AvgIpc) is 2.85. The Kier molecular flexibility index (Phi) is 3.06. The van der Waals surface area contributed by atoms with E-state index in [0.29, 0.717) is 24.6 Å². The van der Waals surface area contributed by atoms with E-state index >= 15 is 0 Å². The van der Waals surface area contributed by atoms with Crippen molar-refractivity contribution in [3.8, 4) is 0 Å². The van der Waals surface area contributed by atoms with E-state index in [4.69, 9.17) is 10.5 Å². The molecule has 1 saturated heterocycles. The summed E-state index contributed by atoms with van der Waals surface area (Å²) in [5, 5.41) is 3.84. The largest absolute Gasteiger partial charge is 0.398 e. The number of benzene rings is 1. The number of aromatic nitrogens is 1. The summed E-state index contributed by atoms with van der Waals surface area (Å²) in [6.07, 6.45) is 0.807. The Morgan fingerprint density at radius 3 is 3.00 bits per heavy atom. The van der Waals surface area contributed by atoms with E-state index < -0.39 is 0 Å². The maximum atomic E-state index is 12.3. The number of nitrogens with two attached hydrogens (primary N) is 1. The molecule has 5 heteroatoms. The molecule has 1 aromatic heterocycles. The number of rotatable bonds is 2. The number of carbonyl (C=O) groups is 1. The van der Waals surface area contributed by atoms with Gasteiger partial charge in [-0.3, -0.25) is 4.79 Å². The molecule has 1 aromatic carbocycles. The topological polar surface area (TPSA) is 77.2 Å². The van der Waals surface area contributed by atoms with Crippen molar-refractivity contribution in [2.24, 2.45) is 0 Å². The molecule has 1 unspecified atom stereocenters. The lowest BCUT2D eigenvalue weighted by Crippen LogP contribution is -2.46. The van der Waals surface area contributed by atoms with Gasteiger partial charge in [0.05, 0.1) is 17.7 Å². The summed E-state index contributed by atoms with van der Waals surface area (Å²) < 4.78 is 5.33. The third-order valence-corrected chi connectivity index (χ3v) is 3.61. The number of ether oxygens (including phenoxy) is 1. The number of carbonyl (C=O) groups excluding carboxylic acids is 1. The highest BCUT2D eigenvalue weighted by Gasteiger charge is 2.31. The Balaban J connectivity index is 1.91. The van der Waals surface area contributed by atoms with E-state index in [-0.39, 0.29) is 11.4 Å². The van der Waals surface area contributed by atoms with Gasteiger partial charge < -0.3 is 15.8 Å². The third-order valence-electron chi connectivity index (χ3n) is 3.61. The zero-order valence-electron chi connectivity index (χ0n) is 11.3. The summed E-state index contributed by atoms with van der Waals surface area (Å²) in [6.45, 7) is 3.17. The molecular formula is C15H17N3O2. The molecule has 2 aromatic rings. The number of anilines is 1. The molecule has 0 aliphatic carbocycles. The summed E-state index contributed by atoms with van der Waals surface area (Å²) >= 11 is 0. The Morgan fingerprint density at radius 2 is 2.25 bits per heavy atom. The number of fused-ring (bicyclic) bond motifs is 1. The van der Waals surface area contributed by atoms with Crippen LogP contribution in [-0.4, -0.2) is 29.6 Å². The van der Waals surface area contributed by atoms with Crippen molar-refractivity contribution in [2.75, 3.05) is 18.9 Å². The van der Waals surface area contributed by atoms with Crippen LogP contribution < -0.4 is 11.1 Å². The smallest absolute Gasteiger partial charge is 0.270 e. The summed E-state index contributed by atoms with van der Waals surface area (Å²) in [4.78, 5) is 16.7. The highest BCUT2D eigenvalue weighted by atomic mass is 16.5. The van der Waals surface area contributed by atoms with Crippen molar-refractivity contribution in [3.05, 3.63) is 36.0 Å². The first-order chi connectivity index (χ1) is 9.57. The number of nitrogens with one attached hydrogen (secondary N) is 1. The molecule has 0 radical (unpaired) electrons. The molecule has 5 nitrogen and oxygen atoms in total. The molecule has 1 fully saturated rings. The van der Waals surface area contributed by atoms with Crippen molar-refractivity contribution in [1.29, 1.82) is 0 Å². The van der Waals surface area contributed by atoms with Crippen LogP contribution in [0.4, 0.5) is 5.69 Å². The first-order valence-electron chi connectivity index (χ1n) is 6.63. The molecule has 0 bridgehead atoms. The zero-order valence-corrected chi connectivity index (χ0v) is 11.3. The van der Waals surface area contributed by atoms with Crippen LogP contribution in [0.3, 0.4) is 0 Å². The minimum absolute atomic E-state index is 0.213. The van der Waals surface area contributed by atoms with Gasteiger partial charge in [0.2, 0.25) is 0 Å². The van der Waals surface area contributed by atoms with E-state index in [9.17, 15) is 4.79 Å². The number of nitrogens with zero attached hydrogens (tertiary/aromatic N) is 1. The maximum absolute atomic E-state index is 12.3. The molecule has 0 spiro atoms. The van der Waals surface area contributed by atoms with Crippen LogP contribution in [0.25, 0.3) is 10.9 Å². The first kappa shape index (κ1) is 12.9. The third kappa shape index (κ3) is 2.32. The number of para-hydroxylation sites is 1. The van der Waals surface area contributed by atoms with Crippen molar-refractivity contribution in [1.82, 2.24) is 10.3 Å². The normalized spacial score (nSPS) is 22.1. The number of hydrogen-bond donors (Lipinski definition) is 2. The lowest BCUT2D eigenvalue weighted by Gasteiger charge is -2.23. The van der Waals surface area contributed by atoms with Crippen LogP contribution in [-0.2, 0) is 4.74 Å². The standard InChI is InChI=1S/C15H17N3O2/c1-15(6-7-20-9-15)18-14(19)13-8-11(16)10-4-2-3-5-12(10)17-13/h2-5,8H,6-7,9H2,1H3,(H2,16,17)(H,18,19). The van der Waals surface area contributed by atoms with Gasteiger partial charge in [-0.2, -0.15) is 0 Å². The second kappa shape index (κ2) is 4.76. The molecule has 1 atom stereocenters. The van der Waals surface area contributed by atoms with Crippen molar-refractivity contribution in [3.63, 3.8) is 0 Å². The van der Waals surface area contributed by atoms with Crippen molar-refractivity contribution < 1.29 is 9.53 Å². The summed E-state index contributed by atoms with van der Waals surface area (Å²) in [6, 6.07) is 9.14. The summed E-state index contributed by atoms with van der Waals surface area (Å²) in [5.41, 5.74) is 7.30. The van der Waals surface area contributed by atoms with Crippen LogP contribution in [0.2, 0.25) is 0 Å². The molecule has 3 rings (SSSR count). The quantitative estimate of drug-likeness (QED) is 0.872. The Morgan fingerprint density at radius 1 is 1.45 bits per heavy atom. The molecule has 2 heterocycles. The van der Waals surface area contributed by atoms with Gasteiger partial charge in [-0.25, -0.2) is 4.98 Å². The highest BCUT2D eigenvalue weighted by molar-refractivity contribution is 5.99. The molecule has 20 heavy (non-hydrogen) atoms. The lowest BCUT2D eigenvalue weighted by atomic mass is 10.0. The molecule has 3 N–H and O–H groups in total. The summed E-state index contributed by atoms with van der Waals surface area (Å²) in [5.74, 6) is -0.213. The van der Waals surface area contributed by atoms with Gasteiger partial charge in [0, 0.05) is 17.7 Å². The molecule has 104 valence electrons. The van der Waals surface area contributed by atoms with Gasteiger partial charge in [0.15, 0.2) is 0 Å². The van der Waals surface area contributed by atoms with Gasteiger partial charge in [-0.15, -0.1) is 0 Å². The van der Waals surface area contributed by atoms with Crippen molar-refractivity contribution in [2.45, 2.75) is 18.9 Å². The first-order valence-corrected chi connectivity index (χ1v) is 6.63. The molecule has 1 aliphatic heterocycles. The molecule has 0 saturated carbocycles. The Hall–Kier alpha value is -2.14. The van der Waals surface area contributed by atoms with Crippen LogP contribution >= 0.6 is 0 Å². The monoisotopic (exact) mass is 271 g/mol. The maximum Gasteiger partial charge on any atom is 0.270 e. The minimum atomic E-state index is -0.320. The number of pyridine rings is 1. The number of hydrogen-bond acceptors (Lipinski definition) is 4. The zero-order chi connectivity index (χ0) is 14.2. The predicted molar refractivity (Wildman–Crippen MR) is 77.5 cm³/mol. The minimum Gasteiger partial charge on any atom is -0.398 e. The van der Waals surface area contributed by atoms with Gasteiger partial charge >= 0.3 is 0 Å². The fourth-order valence-electron chi connectivity index (χ4n) is 2.42. The van der Waals surface area contributed by atoms with E-state index in [0.717, 1.165) is 17.3 Å². The number of amides is 1. The second-order valence-electron chi connectivity index (χ2n) is 5.43. The van der Waals surface area contributed by atoms with E-state index in [1.54, 1.807) is 6.07 Å². The van der Waals surface area contributed by atoms with E-state index in [1.807, 2.05) is 31.2 Å². The lowest BCUT2D eigenvalue weighted by molar-refractivity contribution is 0.0885. The fraction of sp³-hybridized carbons (Fsp3) is 0.333.